The highest BCUT2D eigenvalue weighted by Gasteiger charge is 2.17. The molecular weight excluding hydrogens is 232 g/mol. The lowest BCUT2D eigenvalue weighted by Crippen LogP contribution is -2.15. The molecule has 6 nitrogen and oxygen atoms in total. The average molecular weight is 244 g/mol. The molecule has 2 aromatic heterocycles. The molecule has 1 aliphatic rings. The Labute approximate surface area is 103 Å². The summed E-state index contributed by atoms with van der Waals surface area (Å²) in [7, 11) is 0. The summed E-state index contributed by atoms with van der Waals surface area (Å²) in [5.41, 5.74) is 1.63. The van der Waals surface area contributed by atoms with E-state index in [1.54, 1.807) is 10.7 Å². The number of hydrogen-bond acceptors (Lipinski definition) is 5. The van der Waals surface area contributed by atoms with Crippen molar-refractivity contribution in [3.63, 3.8) is 0 Å². The Morgan fingerprint density at radius 3 is 3.22 bits per heavy atom. The Morgan fingerprint density at radius 2 is 2.39 bits per heavy atom. The summed E-state index contributed by atoms with van der Waals surface area (Å²) in [5, 5.41) is 4.30. The molecule has 18 heavy (non-hydrogen) atoms. The Morgan fingerprint density at radius 1 is 1.50 bits per heavy atom. The zero-order valence-electron chi connectivity index (χ0n) is 9.96. The fourth-order valence-electron chi connectivity index (χ4n) is 1.87. The third kappa shape index (κ3) is 1.97. The number of ether oxygens (including phenoxy) is 1. The van der Waals surface area contributed by atoms with Crippen molar-refractivity contribution in [3.8, 4) is 0 Å². The monoisotopic (exact) mass is 244 g/mol. The maximum absolute atomic E-state index is 11.5. The summed E-state index contributed by atoms with van der Waals surface area (Å²) < 4.78 is 6.60. The van der Waals surface area contributed by atoms with E-state index in [4.69, 9.17) is 4.74 Å². The highest BCUT2D eigenvalue weighted by molar-refractivity contribution is 5.89. The van der Waals surface area contributed by atoms with Crippen LogP contribution in [0.3, 0.4) is 0 Å². The molecule has 0 bridgehead atoms. The molecule has 0 saturated carbocycles. The molecule has 0 spiro atoms. The minimum atomic E-state index is -0.274. The average Bonchev–Trinajstić information content (AvgIpc) is 2.73. The van der Waals surface area contributed by atoms with E-state index in [-0.39, 0.29) is 5.97 Å². The standard InChI is InChI=1S/C12H12N4O2/c1-8-6-13-12-14-10(15-16(12)7-8)5-9-3-2-4-18-11(9)17/h3,6-7H,2,4-5H2,1H3. The van der Waals surface area contributed by atoms with Crippen molar-refractivity contribution in [1.82, 2.24) is 19.6 Å². The number of aromatic nitrogens is 4. The largest absolute Gasteiger partial charge is 0.462 e. The second kappa shape index (κ2) is 4.21. The summed E-state index contributed by atoms with van der Waals surface area (Å²) in [6.45, 7) is 2.40. The minimum Gasteiger partial charge on any atom is -0.462 e. The van der Waals surface area contributed by atoms with Gasteiger partial charge in [-0.25, -0.2) is 14.3 Å². The van der Waals surface area contributed by atoms with Crippen molar-refractivity contribution < 1.29 is 9.53 Å². The van der Waals surface area contributed by atoms with Crippen LogP contribution in [-0.2, 0) is 16.0 Å². The van der Waals surface area contributed by atoms with Crippen molar-refractivity contribution >= 4 is 11.7 Å². The van der Waals surface area contributed by atoms with Gasteiger partial charge < -0.3 is 4.74 Å². The van der Waals surface area contributed by atoms with Crippen LogP contribution in [0.1, 0.15) is 17.8 Å². The molecule has 6 heteroatoms. The summed E-state index contributed by atoms with van der Waals surface area (Å²) in [5.74, 6) is 0.850. The SMILES string of the molecule is Cc1cnc2nc(CC3=CCCOC3=O)nn2c1. The van der Waals surface area contributed by atoms with Gasteiger partial charge in [0.25, 0.3) is 5.78 Å². The first-order valence-corrected chi connectivity index (χ1v) is 5.76. The minimum absolute atomic E-state index is 0.274. The van der Waals surface area contributed by atoms with Crippen LogP contribution in [0.4, 0.5) is 0 Å². The number of aryl methyl sites for hydroxylation is 1. The molecule has 92 valence electrons. The molecule has 1 aliphatic heterocycles. The molecule has 0 N–H and O–H groups in total. The molecule has 0 unspecified atom stereocenters. The predicted molar refractivity (Wildman–Crippen MR) is 62.9 cm³/mol. The van der Waals surface area contributed by atoms with E-state index >= 15 is 0 Å². The van der Waals surface area contributed by atoms with Crippen LogP contribution in [0.5, 0.6) is 0 Å². The fourth-order valence-corrected chi connectivity index (χ4v) is 1.87. The fraction of sp³-hybridized carbons (Fsp3) is 0.333. The van der Waals surface area contributed by atoms with E-state index in [0.717, 1.165) is 12.0 Å². The Kier molecular flexibility index (Phi) is 2.55. The van der Waals surface area contributed by atoms with Crippen LogP contribution >= 0.6 is 0 Å². The Hall–Kier alpha value is -2.24. The number of carbonyl (C=O) groups excluding carboxylic acids is 1. The van der Waals surface area contributed by atoms with Crippen molar-refractivity contribution in [2.24, 2.45) is 0 Å². The van der Waals surface area contributed by atoms with Crippen LogP contribution in [0, 0.1) is 6.92 Å². The number of hydrogen-bond donors (Lipinski definition) is 0. The number of esters is 1. The lowest BCUT2D eigenvalue weighted by Gasteiger charge is -2.10. The first kappa shape index (κ1) is 10.9. The molecular formula is C12H12N4O2. The highest BCUT2D eigenvalue weighted by atomic mass is 16.5. The van der Waals surface area contributed by atoms with Gasteiger partial charge in [-0.05, 0) is 12.5 Å². The zero-order chi connectivity index (χ0) is 12.5. The van der Waals surface area contributed by atoms with E-state index in [1.807, 2.05) is 19.2 Å². The van der Waals surface area contributed by atoms with Crippen molar-refractivity contribution in [2.75, 3.05) is 6.61 Å². The van der Waals surface area contributed by atoms with Gasteiger partial charge in [0.1, 0.15) is 0 Å². The normalized spacial score (nSPS) is 15.6. The van der Waals surface area contributed by atoms with E-state index in [0.29, 0.717) is 30.2 Å². The number of cyclic esters (lactones) is 1. The van der Waals surface area contributed by atoms with E-state index < -0.39 is 0 Å². The predicted octanol–water partition coefficient (Wildman–Crippen LogP) is 0.849. The molecule has 2 aromatic rings. The van der Waals surface area contributed by atoms with Gasteiger partial charge in [0.2, 0.25) is 0 Å². The number of rotatable bonds is 2. The number of carbonyl (C=O) groups is 1. The lowest BCUT2D eigenvalue weighted by molar-refractivity contribution is -0.139. The van der Waals surface area contributed by atoms with E-state index in [9.17, 15) is 4.79 Å². The molecule has 0 aliphatic carbocycles. The zero-order valence-corrected chi connectivity index (χ0v) is 9.96. The summed E-state index contributed by atoms with van der Waals surface area (Å²) >= 11 is 0. The van der Waals surface area contributed by atoms with Crippen LogP contribution in [-0.4, -0.2) is 32.2 Å². The second-order valence-electron chi connectivity index (χ2n) is 4.23. The van der Waals surface area contributed by atoms with E-state index in [1.165, 1.54) is 0 Å². The molecule has 3 rings (SSSR count). The molecule has 0 atom stereocenters. The lowest BCUT2D eigenvalue weighted by atomic mass is 10.1. The van der Waals surface area contributed by atoms with Gasteiger partial charge in [0.15, 0.2) is 5.82 Å². The first-order valence-electron chi connectivity index (χ1n) is 5.76. The molecule has 0 amide bonds. The highest BCUT2D eigenvalue weighted by Crippen LogP contribution is 2.12. The van der Waals surface area contributed by atoms with Gasteiger partial charge in [-0.15, -0.1) is 5.10 Å². The third-order valence-electron chi connectivity index (χ3n) is 2.72. The summed E-state index contributed by atoms with van der Waals surface area (Å²) in [4.78, 5) is 19.9. The number of fused-ring (bicyclic) bond motifs is 1. The molecule has 0 fully saturated rings. The molecule has 0 aromatic carbocycles. The number of nitrogens with zero attached hydrogens (tertiary/aromatic N) is 4. The third-order valence-corrected chi connectivity index (χ3v) is 2.72. The Bertz CT molecular complexity index is 645. The van der Waals surface area contributed by atoms with Crippen molar-refractivity contribution in [1.29, 1.82) is 0 Å². The smallest absolute Gasteiger partial charge is 0.334 e. The topological polar surface area (TPSA) is 69.4 Å². The van der Waals surface area contributed by atoms with Crippen LogP contribution in [0.2, 0.25) is 0 Å². The molecule has 3 heterocycles. The quantitative estimate of drug-likeness (QED) is 0.732. The first-order chi connectivity index (χ1) is 8.72. The van der Waals surface area contributed by atoms with Crippen LogP contribution < -0.4 is 0 Å². The summed E-state index contributed by atoms with van der Waals surface area (Å²) in [6, 6.07) is 0. The summed E-state index contributed by atoms with van der Waals surface area (Å²) in [6.07, 6.45) is 6.62. The van der Waals surface area contributed by atoms with Crippen LogP contribution in [0.25, 0.3) is 5.78 Å². The maximum Gasteiger partial charge on any atom is 0.334 e. The van der Waals surface area contributed by atoms with Crippen LogP contribution in [0.15, 0.2) is 24.0 Å². The van der Waals surface area contributed by atoms with Gasteiger partial charge >= 0.3 is 5.97 Å². The molecule has 0 radical (unpaired) electrons. The van der Waals surface area contributed by atoms with Gasteiger partial charge in [0.05, 0.1) is 6.61 Å². The van der Waals surface area contributed by atoms with Gasteiger partial charge in [-0.1, -0.05) is 6.08 Å². The van der Waals surface area contributed by atoms with Crippen molar-refractivity contribution in [2.45, 2.75) is 19.8 Å². The van der Waals surface area contributed by atoms with E-state index in [2.05, 4.69) is 15.1 Å². The maximum atomic E-state index is 11.5. The van der Waals surface area contributed by atoms with Gasteiger partial charge in [-0.3, -0.25) is 0 Å². The van der Waals surface area contributed by atoms with Crippen molar-refractivity contribution in [3.05, 3.63) is 35.4 Å². The Balaban J connectivity index is 1.91. The molecule has 0 saturated heterocycles. The van der Waals surface area contributed by atoms with Gasteiger partial charge in [0, 0.05) is 30.8 Å². The second-order valence-corrected chi connectivity index (χ2v) is 4.23. The van der Waals surface area contributed by atoms with Gasteiger partial charge in [-0.2, -0.15) is 4.98 Å².